The molecule has 0 bridgehead atoms. The maximum Gasteiger partial charge on any atom is 0.252 e. The molecule has 1 aromatic rings. The molecule has 0 aromatic carbocycles. The van der Waals surface area contributed by atoms with Crippen molar-refractivity contribution in [3.63, 3.8) is 0 Å². The molecule has 2 atom stereocenters. The minimum atomic E-state index is -3.42. The van der Waals surface area contributed by atoms with Crippen LogP contribution in [0.3, 0.4) is 0 Å². The van der Waals surface area contributed by atoms with Crippen LogP contribution in [0.5, 0.6) is 0 Å². The van der Waals surface area contributed by atoms with Gasteiger partial charge in [-0.1, -0.05) is 18.5 Å². The first-order valence-electron chi connectivity index (χ1n) is 5.42. The Morgan fingerprint density at radius 1 is 1.50 bits per heavy atom. The average Bonchev–Trinajstić information content (AvgIpc) is 2.63. The normalized spacial score (nSPS) is 26.4. The lowest BCUT2D eigenvalue weighted by atomic mass is 10.2. The van der Waals surface area contributed by atoms with E-state index in [2.05, 4.69) is 22.9 Å². The van der Waals surface area contributed by atoms with E-state index in [9.17, 15) is 8.42 Å². The Kier molecular flexibility index (Phi) is 4.72. The quantitative estimate of drug-likeness (QED) is 0.773. The molecule has 3 nitrogen and oxygen atoms in total. The molecule has 2 heterocycles. The highest BCUT2D eigenvalue weighted by molar-refractivity contribution is 9.11. The van der Waals surface area contributed by atoms with Gasteiger partial charge in [-0.2, -0.15) is 16.1 Å². The van der Waals surface area contributed by atoms with Crippen LogP contribution in [0.2, 0.25) is 5.02 Å². The van der Waals surface area contributed by atoms with Crippen molar-refractivity contribution < 1.29 is 8.42 Å². The number of thioether (sulfide) groups is 1. The van der Waals surface area contributed by atoms with Crippen molar-refractivity contribution >= 4 is 60.7 Å². The third kappa shape index (κ3) is 2.76. The molecular weight excluding hydrogens is 378 g/mol. The summed E-state index contributed by atoms with van der Waals surface area (Å²) in [4.78, 5) is 0. The van der Waals surface area contributed by atoms with Crippen LogP contribution < -0.4 is 0 Å². The van der Waals surface area contributed by atoms with Gasteiger partial charge >= 0.3 is 0 Å². The van der Waals surface area contributed by atoms with Gasteiger partial charge in [-0.15, -0.1) is 11.3 Å². The van der Waals surface area contributed by atoms with E-state index in [4.69, 9.17) is 11.6 Å². The maximum atomic E-state index is 12.6. The zero-order chi connectivity index (χ0) is 13.5. The van der Waals surface area contributed by atoms with Crippen molar-refractivity contribution in [1.82, 2.24) is 4.31 Å². The third-order valence-corrected chi connectivity index (χ3v) is 9.26. The summed E-state index contributed by atoms with van der Waals surface area (Å²) in [5.41, 5.74) is 0. The minimum Gasteiger partial charge on any atom is -0.206 e. The second kappa shape index (κ2) is 5.61. The van der Waals surface area contributed by atoms with E-state index < -0.39 is 10.0 Å². The van der Waals surface area contributed by atoms with Gasteiger partial charge in [0.15, 0.2) is 0 Å². The van der Waals surface area contributed by atoms with Gasteiger partial charge in [0.2, 0.25) is 0 Å². The van der Waals surface area contributed by atoms with Crippen molar-refractivity contribution in [3.05, 3.63) is 14.9 Å². The highest BCUT2D eigenvalue weighted by Crippen LogP contribution is 2.38. The fourth-order valence-electron chi connectivity index (χ4n) is 1.81. The monoisotopic (exact) mass is 389 g/mol. The number of rotatable bonds is 2. The van der Waals surface area contributed by atoms with E-state index in [1.54, 1.807) is 4.31 Å². The molecule has 0 N–H and O–H groups in total. The fourth-order valence-corrected chi connectivity index (χ4v) is 7.34. The molecular formula is C10H13BrClNO2S3. The van der Waals surface area contributed by atoms with Gasteiger partial charge in [-0.3, -0.25) is 0 Å². The van der Waals surface area contributed by atoms with Crippen molar-refractivity contribution in [2.24, 2.45) is 0 Å². The predicted molar refractivity (Wildman–Crippen MR) is 82.3 cm³/mol. The molecule has 1 fully saturated rings. The van der Waals surface area contributed by atoms with Crippen molar-refractivity contribution in [2.75, 3.05) is 12.3 Å². The van der Waals surface area contributed by atoms with E-state index in [0.29, 0.717) is 24.8 Å². The lowest BCUT2D eigenvalue weighted by Crippen LogP contribution is -2.47. The van der Waals surface area contributed by atoms with Crippen LogP contribution in [-0.4, -0.2) is 36.3 Å². The van der Waals surface area contributed by atoms with Gasteiger partial charge < -0.3 is 0 Å². The van der Waals surface area contributed by atoms with E-state index in [-0.39, 0.29) is 6.04 Å². The van der Waals surface area contributed by atoms with E-state index >= 15 is 0 Å². The molecule has 2 rings (SSSR count). The molecule has 1 aliphatic heterocycles. The Labute approximate surface area is 129 Å². The Morgan fingerprint density at radius 2 is 2.17 bits per heavy atom. The first-order valence-corrected chi connectivity index (χ1v) is 9.90. The molecule has 2 unspecified atom stereocenters. The maximum absolute atomic E-state index is 12.6. The predicted octanol–water partition coefficient (Wildman–Crippen LogP) is 3.68. The molecule has 1 aliphatic rings. The summed E-state index contributed by atoms with van der Waals surface area (Å²) in [5, 5.41) is 0.762. The van der Waals surface area contributed by atoms with E-state index in [1.807, 2.05) is 18.7 Å². The van der Waals surface area contributed by atoms with Crippen molar-refractivity contribution in [1.29, 1.82) is 0 Å². The van der Waals surface area contributed by atoms with Crippen LogP contribution in [0.4, 0.5) is 0 Å². The molecule has 0 radical (unpaired) electrons. The average molecular weight is 391 g/mol. The number of hydrogen-bond donors (Lipinski definition) is 0. The third-order valence-electron chi connectivity index (χ3n) is 3.01. The van der Waals surface area contributed by atoms with Gasteiger partial charge in [0, 0.05) is 23.6 Å². The molecule has 18 heavy (non-hydrogen) atoms. The Morgan fingerprint density at radius 3 is 2.72 bits per heavy atom. The largest absolute Gasteiger partial charge is 0.252 e. The highest BCUT2D eigenvalue weighted by atomic mass is 79.9. The summed E-state index contributed by atoms with van der Waals surface area (Å²) in [6.45, 7) is 4.58. The molecule has 102 valence electrons. The molecule has 0 spiro atoms. The summed E-state index contributed by atoms with van der Waals surface area (Å²) in [7, 11) is -3.42. The van der Waals surface area contributed by atoms with Gasteiger partial charge in [-0.05, 0) is 28.9 Å². The van der Waals surface area contributed by atoms with Crippen LogP contribution >= 0.6 is 50.6 Å². The number of halogens is 2. The van der Waals surface area contributed by atoms with Gasteiger partial charge in [0.05, 0.1) is 8.81 Å². The molecule has 1 saturated heterocycles. The van der Waals surface area contributed by atoms with Crippen LogP contribution in [0.15, 0.2) is 14.1 Å². The summed E-state index contributed by atoms with van der Waals surface area (Å²) < 4.78 is 27.7. The van der Waals surface area contributed by atoms with Gasteiger partial charge in [0.25, 0.3) is 10.0 Å². The molecule has 0 saturated carbocycles. The second-order valence-corrected chi connectivity index (χ2v) is 10.5. The number of thiophene rings is 1. The standard InChI is InChI=1S/C10H13BrClNO2S3/c1-6-7(2)16-4-3-13(6)18(14,15)9-5-8(12)10(11)17-9/h5-7H,3-4H2,1-2H3. The SMILES string of the molecule is CC1SCCN(S(=O)(=O)c2cc(Cl)c(Br)s2)C1C. The molecule has 8 heteroatoms. The lowest BCUT2D eigenvalue weighted by molar-refractivity contribution is 0.341. The number of sulfonamides is 1. The van der Waals surface area contributed by atoms with Crippen LogP contribution in [0.25, 0.3) is 0 Å². The molecule has 1 aromatic heterocycles. The van der Waals surface area contributed by atoms with Gasteiger partial charge in [0.1, 0.15) is 4.21 Å². The number of hydrogen-bond acceptors (Lipinski definition) is 4. The Hall–Kier alpha value is 0.730. The second-order valence-electron chi connectivity index (χ2n) is 4.12. The lowest BCUT2D eigenvalue weighted by Gasteiger charge is -2.35. The van der Waals surface area contributed by atoms with Crippen molar-refractivity contribution in [2.45, 2.75) is 29.3 Å². The summed E-state index contributed by atoms with van der Waals surface area (Å²) in [6, 6.07) is 1.53. The minimum absolute atomic E-state index is 0.00778. The molecule has 0 amide bonds. The highest BCUT2D eigenvalue weighted by Gasteiger charge is 2.36. The van der Waals surface area contributed by atoms with E-state index in [0.717, 1.165) is 5.75 Å². The smallest absolute Gasteiger partial charge is 0.206 e. The Balaban J connectivity index is 2.36. The zero-order valence-electron chi connectivity index (χ0n) is 9.89. The van der Waals surface area contributed by atoms with Crippen LogP contribution in [-0.2, 0) is 10.0 Å². The van der Waals surface area contributed by atoms with Crippen LogP contribution in [0.1, 0.15) is 13.8 Å². The van der Waals surface area contributed by atoms with E-state index in [1.165, 1.54) is 17.4 Å². The van der Waals surface area contributed by atoms with Gasteiger partial charge in [-0.25, -0.2) is 8.42 Å². The zero-order valence-corrected chi connectivity index (χ0v) is 14.7. The summed E-state index contributed by atoms with van der Waals surface area (Å²) in [5.74, 6) is 0.838. The molecule has 0 aliphatic carbocycles. The first-order chi connectivity index (χ1) is 8.34. The first kappa shape index (κ1) is 15.1. The summed E-state index contributed by atoms with van der Waals surface area (Å²) in [6.07, 6.45) is 0. The summed E-state index contributed by atoms with van der Waals surface area (Å²) >= 11 is 12.2. The van der Waals surface area contributed by atoms with Crippen molar-refractivity contribution in [3.8, 4) is 0 Å². The topological polar surface area (TPSA) is 37.4 Å². The Bertz CT molecular complexity index is 526. The van der Waals surface area contributed by atoms with Crippen LogP contribution in [0, 0.1) is 0 Å². The fraction of sp³-hybridized carbons (Fsp3) is 0.600. The number of nitrogens with zero attached hydrogens (tertiary/aromatic N) is 1.